The number of phenolic OH excluding ortho intramolecular Hbond substituents is 2. The van der Waals surface area contributed by atoms with Crippen LogP contribution in [0.3, 0.4) is 0 Å². The Bertz CT molecular complexity index is 1110. The standard InChI is InChI=1S/C28H36Cl2N2O2.C2H4O2.Cr/c1-27(2,3)21-13-19(29)11-17(25(21)33)15-31-23-9-7-8-10-24(23)32-16-18-12-20(30)14-22(26(18)34)28(4,5)6;1-2(3)4;/h11-16,23-24,33-34H,7-10H2,1-6H3;1H3,(H,3,4);/p-1/t23-,24-;;/m1../s1. The molecule has 2 aromatic carbocycles. The SMILES string of the molecule is CC(=O)[O-].CC(C)(C)c1cc(Cl)cc(C=N[C@@H]2CCCC[C@H]2N=Cc2cc(Cl)cc(C(C)(C)C)c2O)c1O.[Cr]. The minimum absolute atomic E-state index is 0. The molecular formula is C30H39Cl2CrN2O4-. The molecule has 214 valence electrons. The van der Waals surface area contributed by atoms with Gasteiger partial charge in [0.15, 0.2) is 0 Å². The number of phenols is 2. The smallest absolute Gasteiger partial charge is 0.128 e. The topological polar surface area (TPSA) is 105 Å². The molecule has 0 aromatic heterocycles. The predicted molar refractivity (Wildman–Crippen MR) is 156 cm³/mol. The summed E-state index contributed by atoms with van der Waals surface area (Å²) in [5, 5.41) is 31.7. The molecule has 0 heterocycles. The average Bonchev–Trinajstić information content (AvgIpc) is 2.78. The fraction of sp³-hybridized carbons (Fsp3) is 0.500. The number of carboxylic acids is 1. The van der Waals surface area contributed by atoms with Crippen LogP contribution in [0, 0.1) is 0 Å². The van der Waals surface area contributed by atoms with Gasteiger partial charge in [0.05, 0.1) is 12.1 Å². The van der Waals surface area contributed by atoms with Gasteiger partial charge in [0, 0.05) is 68.1 Å². The quantitative estimate of drug-likeness (QED) is 0.379. The maximum absolute atomic E-state index is 10.8. The average molecular weight is 615 g/mol. The van der Waals surface area contributed by atoms with Crippen LogP contribution in [-0.4, -0.2) is 40.7 Å². The number of benzene rings is 2. The first-order valence-electron chi connectivity index (χ1n) is 12.8. The van der Waals surface area contributed by atoms with Crippen molar-refractivity contribution < 1.29 is 37.5 Å². The van der Waals surface area contributed by atoms with Gasteiger partial charge in [0.25, 0.3) is 0 Å². The van der Waals surface area contributed by atoms with Gasteiger partial charge in [-0.2, -0.15) is 0 Å². The number of hydrogen-bond acceptors (Lipinski definition) is 6. The third kappa shape index (κ3) is 10.5. The van der Waals surface area contributed by atoms with E-state index in [1.54, 1.807) is 24.6 Å². The maximum atomic E-state index is 10.8. The summed E-state index contributed by atoms with van der Waals surface area (Å²) >= 11 is 12.7. The normalized spacial score (nSPS) is 18.0. The molecule has 2 N–H and O–H groups in total. The first-order chi connectivity index (χ1) is 17.5. The summed E-state index contributed by atoms with van der Waals surface area (Å²) in [7, 11) is 0. The largest absolute Gasteiger partial charge is 0.550 e. The zero-order valence-corrected chi connectivity index (χ0v) is 26.5. The molecule has 1 aliphatic rings. The van der Waals surface area contributed by atoms with Crippen molar-refractivity contribution in [3.8, 4) is 11.5 Å². The summed E-state index contributed by atoms with van der Waals surface area (Å²) < 4.78 is 0. The summed E-state index contributed by atoms with van der Waals surface area (Å²) in [6.45, 7) is 13.2. The van der Waals surface area contributed by atoms with Gasteiger partial charge in [-0.05, 0) is 54.9 Å². The van der Waals surface area contributed by atoms with E-state index >= 15 is 0 Å². The number of carbonyl (C=O) groups is 1. The number of aliphatic carboxylic acids is 1. The van der Waals surface area contributed by atoms with Gasteiger partial charge in [-0.15, -0.1) is 0 Å². The summed E-state index contributed by atoms with van der Waals surface area (Å²) in [6.07, 6.45) is 7.45. The zero-order valence-electron chi connectivity index (χ0n) is 23.7. The van der Waals surface area contributed by atoms with Crippen molar-refractivity contribution in [2.45, 2.75) is 97.1 Å². The molecule has 2 atom stereocenters. The molecule has 0 spiro atoms. The van der Waals surface area contributed by atoms with Gasteiger partial charge in [0.1, 0.15) is 11.5 Å². The van der Waals surface area contributed by atoms with E-state index in [4.69, 9.17) is 43.1 Å². The number of aromatic hydroxyl groups is 2. The summed E-state index contributed by atoms with van der Waals surface area (Å²) in [4.78, 5) is 18.5. The Balaban J connectivity index is 0.00000142. The van der Waals surface area contributed by atoms with E-state index in [1.807, 2.05) is 53.7 Å². The van der Waals surface area contributed by atoms with E-state index < -0.39 is 5.97 Å². The Hall–Kier alpha value is -2.04. The molecule has 6 nitrogen and oxygen atoms in total. The van der Waals surface area contributed by atoms with Gasteiger partial charge < -0.3 is 20.1 Å². The molecular weight excluding hydrogens is 575 g/mol. The van der Waals surface area contributed by atoms with Crippen molar-refractivity contribution in [2.75, 3.05) is 0 Å². The molecule has 2 aromatic rings. The van der Waals surface area contributed by atoms with E-state index in [2.05, 4.69) is 0 Å². The van der Waals surface area contributed by atoms with Crippen molar-refractivity contribution in [1.29, 1.82) is 0 Å². The molecule has 39 heavy (non-hydrogen) atoms. The second-order valence-corrected chi connectivity index (χ2v) is 12.6. The molecule has 0 saturated heterocycles. The van der Waals surface area contributed by atoms with Gasteiger partial charge in [-0.25, -0.2) is 0 Å². The number of rotatable bonds is 4. The second-order valence-electron chi connectivity index (χ2n) is 11.7. The van der Waals surface area contributed by atoms with Crippen LogP contribution in [-0.2, 0) is 33.0 Å². The number of carboxylic acid groups (broad SMARTS) is 1. The third-order valence-electron chi connectivity index (χ3n) is 6.33. The van der Waals surface area contributed by atoms with Crippen molar-refractivity contribution >= 4 is 41.6 Å². The van der Waals surface area contributed by atoms with Crippen LogP contribution in [0.25, 0.3) is 0 Å². The van der Waals surface area contributed by atoms with Gasteiger partial charge >= 0.3 is 0 Å². The Morgan fingerprint density at radius 3 is 1.41 bits per heavy atom. The number of aliphatic imine (C=N–C) groups is 2. The van der Waals surface area contributed by atoms with Gasteiger partial charge in [-0.1, -0.05) is 77.6 Å². The van der Waals surface area contributed by atoms with Gasteiger partial charge in [-0.3, -0.25) is 9.98 Å². The van der Waals surface area contributed by atoms with Crippen molar-refractivity contribution in [3.63, 3.8) is 0 Å². The molecule has 1 aliphatic carbocycles. The van der Waals surface area contributed by atoms with Crippen molar-refractivity contribution in [2.24, 2.45) is 9.98 Å². The molecule has 0 unspecified atom stereocenters. The first kappa shape index (κ1) is 35.0. The Labute approximate surface area is 253 Å². The van der Waals surface area contributed by atoms with E-state index in [0.29, 0.717) is 21.2 Å². The van der Waals surface area contributed by atoms with Crippen LogP contribution in [0.4, 0.5) is 0 Å². The summed E-state index contributed by atoms with van der Waals surface area (Å²) in [5.41, 5.74) is 2.36. The zero-order chi connectivity index (χ0) is 28.8. The third-order valence-corrected chi connectivity index (χ3v) is 6.76. The second kappa shape index (κ2) is 14.6. The molecule has 0 radical (unpaired) electrons. The minimum Gasteiger partial charge on any atom is -0.550 e. The predicted octanol–water partition coefficient (Wildman–Crippen LogP) is 6.60. The number of carbonyl (C=O) groups excluding carboxylic acids is 1. The maximum Gasteiger partial charge on any atom is 0.128 e. The summed E-state index contributed by atoms with van der Waals surface area (Å²) in [5.74, 6) is -0.648. The van der Waals surface area contributed by atoms with E-state index in [-0.39, 0.29) is 51.8 Å². The molecule has 9 heteroatoms. The molecule has 0 amide bonds. The van der Waals surface area contributed by atoms with E-state index in [0.717, 1.165) is 43.7 Å². The van der Waals surface area contributed by atoms with Crippen LogP contribution in [0.5, 0.6) is 11.5 Å². The van der Waals surface area contributed by atoms with Crippen LogP contribution in [0.15, 0.2) is 34.3 Å². The fourth-order valence-corrected chi connectivity index (χ4v) is 4.83. The van der Waals surface area contributed by atoms with Gasteiger partial charge in [0.2, 0.25) is 0 Å². The van der Waals surface area contributed by atoms with E-state index in [9.17, 15) is 10.2 Å². The Kier molecular flexibility index (Phi) is 13.1. The monoisotopic (exact) mass is 613 g/mol. The minimum atomic E-state index is -1.08. The molecule has 0 aliphatic heterocycles. The fourth-order valence-electron chi connectivity index (χ4n) is 4.37. The molecule has 0 bridgehead atoms. The molecule has 1 saturated carbocycles. The summed E-state index contributed by atoms with van der Waals surface area (Å²) in [6, 6.07) is 7.09. The molecule has 3 rings (SSSR count). The molecule has 1 fully saturated rings. The number of hydrogen-bond donors (Lipinski definition) is 2. The number of nitrogens with zero attached hydrogens (tertiary/aromatic N) is 2. The Morgan fingerprint density at radius 1 is 0.821 bits per heavy atom. The van der Waals surface area contributed by atoms with Crippen LogP contribution < -0.4 is 5.11 Å². The first-order valence-corrected chi connectivity index (χ1v) is 13.6. The number of halogens is 2. The Morgan fingerprint density at radius 2 is 1.13 bits per heavy atom. The van der Waals surface area contributed by atoms with Crippen LogP contribution in [0.1, 0.15) is 96.4 Å². The van der Waals surface area contributed by atoms with Crippen molar-refractivity contribution in [1.82, 2.24) is 0 Å². The van der Waals surface area contributed by atoms with Crippen molar-refractivity contribution in [3.05, 3.63) is 56.6 Å². The van der Waals surface area contributed by atoms with Crippen LogP contribution >= 0.6 is 23.2 Å². The van der Waals surface area contributed by atoms with Crippen LogP contribution in [0.2, 0.25) is 10.0 Å². The van der Waals surface area contributed by atoms with E-state index in [1.165, 1.54) is 0 Å².